The number of likely N-dealkylation sites (tertiary alicyclic amines) is 2. The number of fused-ring (bicyclic) bond motifs is 1. The highest BCUT2D eigenvalue weighted by Gasteiger charge is 2.51. The first-order valence-corrected chi connectivity index (χ1v) is 7.95. The van der Waals surface area contributed by atoms with Crippen LogP contribution in [0.5, 0.6) is 0 Å². The van der Waals surface area contributed by atoms with Crippen LogP contribution in [0.15, 0.2) is 0 Å². The lowest BCUT2D eigenvalue weighted by Crippen LogP contribution is -2.52. The molecule has 2 N–H and O–H groups in total. The summed E-state index contributed by atoms with van der Waals surface area (Å²) in [4.78, 5) is 27.6. The quantitative estimate of drug-likeness (QED) is 0.796. The number of aliphatic carboxylic acids is 1. The number of rotatable bonds is 2. The van der Waals surface area contributed by atoms with Crippen LogP contribution in [0.4, 0.5) is 4.79 Å². The maximum atomic E-state index is 12.8. The highest BCUT2D eigenvalue weighted by molar-refractivity contribution is 5.84. The number of carbonyl (C=O) groups is 2. The summed E-state index contributed by atoms with van der Waals surface area (Å²) in [6.07, 6.45) is 3.87. The van der Waals surface area contributed by atoms with Gasteiger partial charge in [0.2, 0.25) is 0 Å². The monoisotopic (exact) mass is 296 g/mol. The van der Waals surface area contributed by atoms with E-state index in [-0.39, 0.29) is 30.5 Å². The largest absolute Gasteiger partial charge is 0.480 e. The Morgan fingerprint density at radius 1 is 1.19 bits per heavy atom. The zero-order chi connectivity index (χ0) is 15.1. The van der Waals surface area contributed by atoms with Gasteiger partial charge >= 0.3 is 12.0 Å². The summed E-state index contributed by atoms with van der Waals surface area (Å²) in [6.45, 7) is 3.15. The zero-order valence-corrected chi connectivity index (χ0v) is 12.4. The van der Waals surface area contributed by atoms with Crippen molar-refractivity contribution in [2.45, 2.75) is 44.7 Å². The molecule has 6 nitrogen and oxygen atoms in total. The molecule has 3 fully saturated rings. The standard InChI is InChI=1S/C15H24N2O4/c1-9-5-6-16(12(9)8-18)15(21)17-7-10-3-2-4-11(10)13(17)14(19)20/h9-13,18H,2-8H2,1H3,(H,19,20). The number of aliphatic hydroxyl groups excluding tert-OH is 1. The average Bonchev–Trinajstić information content (AvgIpc) is 3.09. The van der Waals surface area contributed by atoms with Gasteiger partial charge in [-0.05, 0) is 37.0 Å². The van der Waals surface area contributed by atoms with Gasteiger partial charge in [-0.2, -0.15) is 0 Å². The maximum Gasteiger partial charge on any atom is 0.326 e. The Hall–Kier alpha value is -1.30. The minimum Gasteiger partial charge on any atom is -0.480 e. The molecule has 2 saturated heterocycles. The van der Waals surface area contributed by atoms with Crippen molar-refractivity contribution < 1.29 is 19.8 Å². The molecule has 0 spiro atoms. The van der Waals surface area contributed by atoms with E-state index in [1.807, 2.05) is 6.92 Å². The molecule has 6 heteroatoms. The van der Waals surface area contributed by atoms with Crippen LogP contribution in [0.2, 0.25) is 0 Å². The van der Waals surface area contributed by atoms with Gasteiger partial charge in [-0.1, -0.05) is 13.3 Å². The number of hydrogen-bond donors (Lipinski definition) is 2. The van der Waals surface area contributed by atoms with Gasteiger partial charge in [-0.25, -0.2) is 9.59 Å². The highest BCUT2D eigenvalue weighted by Crippen LogP contribution is 2.43. The van der Waals surface area contributed by atoms with Gasteiger partial charge in [0.05, 0.1) is 12.6 Å². The van der Waals surface area contributed by atoms with Crippen LogP contribution >= 0.6 is 0 Å². The van der Waals surface area contributed by atoms with Crippen LogP contribution in [0, 0.1) is 17.8 Å². The Balaban J connectivity index is 1.79. The van der Waals surface area contributed by atoms with Gasteiger partial charge in [-0.15, -0.1) is 0 Å². The van der Waals surface area contributed by atoms with Crippen molar-refractivity contribution in [1.29, 1.82) is 0 Å². The van der Waals surface area contributed by atoms with E-state index in [9.17, 15) is 19.8 Å². The van der Waals surface area contributed by atoms with Gasteiger partial charge in [-0.3, -0.25) is 0 Å². The zero-order valence-electron chi connectivity index (χ0n) is 12.4. The van der Waals surface area contributed by atoms with Crippen molar-refractivity contribution in [1.82, 2.24) is 9.80 Å². The van der Waals surface area contributed by atoms with Crippen LogP contribution in [0.25, 0.3) is 0 Å². The number of urea groups is 1. The second kappa shape index (κ2) is 5.48. The van der Waals surface area contributed by atoms with E-state index < -0.39 is 12.0 Å². The summed E-state index contributed by atoms with van der Waals surface area (Å²) in [5, 5.41) is 19.0. The van der Waals surface area contributed by atoms with Gasteiger partial charge < -0.3 is 20.0 Å². The molecule has 0 aromatic carbocycles. The molecule has 2 heterocycles. The third-order valence-corrected chi connectivity index (χ3v) is 5.70. The SMILES string of the molecule is CC1CCN(C(=O)N2CC3CCCC3C2C(=O)O)C1CO. The van der Waals surface area contributed by atoms with Crippen molar-refractivity contribution in [3.05, 3.63) is 0 Å². The lowest BCUT2D eigenvalue weighted by molar-refractivity contribution is -0.142. The molecule has 21 heavy (non-hydrogen) atoms. The molecule has 1 aliphatic carbocycles. The van der Waals surface area contributed by atoms with Crippen molar-refractivity contribution in [3.63, 3.8) is 0 Å². The second-order valence-corrected chi connectivity index (χ2v) is 6.78. The van der Waals surface area contributed by atoms with Crippen molar-refractivity contribution in [2.24, 2.45) is 17.8 Å². The van der Waals surface area contributed by atoms with Crippen LogP contribution in [-0.2, 0) is 4.79 Å². The molecule has 118 valence electrons. The van der Waals surface area contributed by atoms with Gasteiger partial charge in [0.1, 0.15) is 6.04 Å². The molecule has 0 aromatic heterocycles. The number of hydrogen-bond acceptors (Lipinski definition) is 3. The first-order chi connectivity index (χ1) is 10.0. The molecule has 5 atom stereocenters. The first-order valence-electron chi connectivity index (χ1n) is 7.95. The summed E-state index contributed by atoms with van der Waals surface area (Å²) >= 11 is 0. The Labute approximate surface area is 124 Å². The van der Waals surface area contributed by atoms with Gasteiger partial charge in [0.15, 0.2) is 0 Å². The van der Waals surface area contributed by atoms with Crippen LogP contribution in [-0.4, -0.2) is 63.8 Å². The number of carboxylic acids is 1. The number of amides is 2. The van der Waals surface area contributed by atoms with E-state index in [0.29, 0.717) is 19.0 Å². The van der Waals surface area contributed by atoms with E-state index in [0.717, 1.165) is 25.7 Å². The number of nitrogens with zero attached hydrogens (tertiary/aromatic N) is 2. The molecule has 0 aromatic rings. The molecule has 3 rings (SSSR count). The highest BCUT2D eigenvalue weighted by atomic mass is 16.4. The molecule has 1 saturated carbocycles. The van der Waals surface area contributed by atoms with Crippen LogP contribution in [0.1, 0.15) is 32.6 Å². The fraction of sp³-hybridized carbons (Fsp3) is 0.867. The smallest absolute Gasteiger partial charge is 0.326 e. The second-order valence-electron chi connectivity index (χ2n) is 6.78. The summed E-state index contributed by atoms with van der Waals surface area (Å²) < 4.78 is 0. The molecule has 5 unspecified atom stereocenters. The van der Waals surface area contributed by atoms with E-state index >= 15 is 0 Å². The minimum atomic E-state index is -0.884. The lowest BCUT2D eigenvalue weighted by atomic mass is 9.94. The normalized spacial score (nSPS) is 38.9. The Morgan fingerprint density at radius 2 is 1.95 bits per heavy atom. The van der Waals surface area contributed by atoms with Crippen molar-refractivity contribution >= 4 is 12.0 Å². The van der Waals surface area contributed by atoms with Crippen LogP contribution < -0.4 is 0 Å². The molecule has 0 bridgehead atoms. The summed E-state index contributed by atoms with van der Waals surface area (Å²) in [6, 6.07) is -1.05. The fourth-order valence-corrected chi connectivity index (χ4v) is 4.51. The van der Waals surface area contributed by atoms with Crippen LogP contribution in [0.3, 0.4) is 0 Å². The Morgan fingerprint density at radius 3 is 2.62 bits per heavy atom. The Bertz CT molecular complexity index is 441. The molecule has 2 amide bonds. The number of carbonyl (C=O) groups excluding carboxylic acids is 1. The molecule has 0 radical (unpaired) electrons. The van der Waals surface area contributed by atoms with E-state index in [1.165, 1.54) is 0 Å². The average molecular weight is 296 g/mol. The summed E-state index contributed by atoms with van der Waals surface area (Å²) in [5.41, 5.74) is 0. The molecule has 2 aliphatic heterocycles. The van der Waals surface area contributed by atoms with Gasteiger partial charge in [0.25, 0.3) is 0 Å². The Kier molecular flexibility index (Phi) is 3.82. The molecule has 3 aliphatic rings. The molecular formula is C15H24N2O4. The van der Waals surface area contributed by atoms with Crippen molar-refractivity contribution in [3.8, 4) is 0 Å². The third kappa shape index (κ3) is 2.29. The van der Waals surface area contributed by atoms with Gasteiger partial charge in [0, 0.05) is 13.1 Å². The summed E-state index contributed by atoms with van der Waals surface area (Å²) in [7, 11) is 0. The number of carboxylic acid groups (broad SMARTS) is 1. The minimum absolute atomic E-state index is 0.0503. The summed E-state index contributed by atoms with van der Waals surface area (Å²) in [5.74, 6) is -0.170. The fourth-order valence-electron chi connectivity index (χ4n) is 4.51. The topological polar surface area (TPSA) is 81.1 Å². The third-order valence-electron chi connectivity index (χ3n) is 5.70. The lowest BCUT2D eigenvalue weighted by Gasteiger charge is -2.32. The first kappa shape index (κ1) is 14.6. The predicted octanol–water partition coefficient (Wildman–Crippen LogP) is 0.994. The van der Waals surface area contributed by atoms with E-state index in [2.05, 4.69) is 0 Å². The van der Waals surface area contributed by atoms with Crippen molar-refractivity contribution in [2.75, 3.05) is 19.7 Å². The van der Waals surface area contributed by atoms with E-state index in [4.69, 9.17) is 0 Å². The van der Waals surface area contributed by atoms with E-state index in [1.54, 1.807) is 9.80 Å². The number of aliphatic hydroxyl groups is 1. The predicted molar refractivity (Wildman–Crippen MR) is 75.7 cm³/mol. The maximum absolute atomic E-state index is 12.8. The molecular weight excluding hydrogens is 272 g/mol.